The van der Waals surface area contributed by atoms with E-state index in [4.69, 9.17) is 4.74 Å². The van der Waals surface area contributed by atoms with Crippen molar-refractivity contribution in [2.24, 2.45) is 0 Å². The summed E-state index contributed by atoms with van der Waals surface area (Å²) in [6, 6.07) is 0. The molecule has 1 aromatic heterocycles. The number of ether oxygens (including phenoxy) is 1. The Morgan fingerprint density at radius 3 is 2.60 bits per heavy atom. The Hall–Kier alpha value is -0.400. The molecule has 0 aliphatic heterocycles. The van der Waals surface area contributed by atoms with Crippen LogP contribution in [-0.2, 0) is 15.1 Å². The predicted molar refractivity (Wildman–Crippen MR) is 87.3 cm³/mol. The van der Waals surface area contributed by atoms with Crippen LogP contribution in [0.25, 0.3) is 0 Å². The number of thiazole rings is 1. The number of nitrogens with one attached hydrogen (secondary N) is 2. The lowest BCUT2D eigenvalue weighted by atomic mass is 10.1. The van der Waals surface area contributed by atoms with E-state index in [9.17, 15) is 4.79 Å². The summed E-state index contributed by atoms with van der Waals surface area (Å²) in [5.41, 5.74) is -0.432. The van der Waals surface area contributed by atoms with Crippen molar-refractivity contribution in [3.8, 4) is 0 Å². The largest absolute Gasteiger partial charge is 0.383 e. The molecular formula is C12H23Cl2N3O2S. The number of carbonyl (C=O) groups excluding carboxylic acids is 1. The van der Waals surface area contributed by atoms with Gasteiger partial charge in [-0.1, -0.05) is 0 Å². The molecule has 1 amide bonds. The lowest BCUT2D eigenvalue weighted by molar-refractivity contribution is -0.121. The first-order chi connectivity index (χ1) is 8.45. The van der Waals surface area contributed by atoms with Crippen molar-refractivity contribution in [3.05, 3.63) is 16.1 Å². The molecule has 118 valence electrons. The summed E-state index contributed by atoms with van der Waals surface area (Å²) in [6.07, 6.45) is 1.82. The second-order valence-corrected chi connectivity index (χ2v) is 5.85. The van der Waals surface area contributed by atoms with Crippen LogP contribution in [0.5, 0.6) is 0 Å². The van der Waals surface area contributed by atoms with Crippen LogP contribution in [0.3, 0.4) is 0 Å². The van der Waals surface area contributed by atoms with Crippen LogP contribution in [0, 0.1) is 6.92 Å². The number of aryl methyl sites for hydroxylation is 1. The highest BCUT2D eigenvalue weighted by molar-refractivity contribution is 7.11. The third kappa shape index (κ3) is 7.40. The highest BCUT2D eigenvalue weighted by Crippen LogP contribution is 2.24. The molecule has 5 nitrogen and oxygen atoms in total. The topological polar surface area (TPSA) is 63.2 Å². The highest BCUT2D eigenvalue weighted by atomic mass is 35.5. The van der Waals surface area contributed by atoms with Crippen LogP contribution in [0.1, 0.15) is 23.7 Å². The zero-order valence-corrected chi connectivity index (χ0v) is 14.6. The van der Waals surface area contributed by atoms with Gasteiger partial charge in [0, 0.05) is 24.7 Å². The van der Waals surface area contributed by atoms with Crippen LogP contribution < -0.4 is 10.6 Å². The van der Waals surface area contributed by atoms with Crippen LogP contribution in [-0.4, -0.2) is 37.7 Å². The Labute approximate surface area is 136 Å². The summed E-state index contributed by atoms with van der Waals surface area (Å²) in [4.78, 5) is 17.2. The van der Waals surface area contributed by atoms with Gasteiger partial charge in [0.1, 0.15) is 5.01 Å². The molecule has 0 bridgehead atoms. The van der Waals surface area contributed by atoms with E-state index in [1.165, 1.54) is 0 Å². The predicted octanol–water partition coefficient (Wildman–Crippen LogP) is 1.88. The first-order valence-electron chi connectivity index (χ1n) is 5.89. The summed E-state index contributed by atoms with van der Waals surface area (Å²) in [7, 11) is 1.63. The fourth-order valence-electron chi connectivity index (χ4n) is 1.47. The lowest BCUT2D eigenvalue weighted by Gasteiger charge is -2.23. The van der Waals surface area contributed by atoms with Crippen molar-refractivity contribution in [2.45, 2.75) is 26.3 Å². The number of halogens is 2. The fraction of sp³-hybridized carbons (Fsp3) is 0.667. The molecule has 0 aromatic carbocycles. The number of nitrogens with zero attached hydrogens (tertiary/aromatic N) is 1. The third-order valence-corrected chi connectivity index (χ3v) is 3.61. The quantitative estimate of drug-likeness (QED) is 0.742. The molecule has 20 heavy (non-hydrogen) atoms. The van der Waals surface area contributed by atoms with E-state index in [1.54, 1.807) is 18.4 Å². The van der Waals surface area contributed by atoms with E-state index in [-0.39, 0.29) is 37.3 Å². The Morgan fingerprint density at radius 1 is 1.45 bits per heavy atom. The van der Waals surface area contributed by atoms with Crippen molar-refractivity contribution < 1.29 is 9.53 Å². The van der Waals surface area contributed by atoms with Crippen LogP contribution >= 0.6 is 36.2 Å². The molecule has 0 atom stereocenters. The second kappa shape index (κ2) is 10.3. The van der Waals surface area contributed by atoms with Gasteiger partial charge in [0.05, 0.1) is 18.7 Å². The Morgan fingerprint density at radius 2 is 2.10 bits per heavy atom. The molecule has 0 saturated heterocycles. The van der Waals surface area contributed by atoms with E-state index in [2.05, 4.69) is 15.6 Å². The summed E-state index contributed by atoms with van der Waals surface area (Å²) in [5.74, 6) is -0.0380. The average molecular weight is 344 g/mol. The van der Waals surface area contributed by atoms with E-state index < -0.39 is 5.54 Å². The van der Waals surface area contributed by atoms with Gasteiger partial charge in [-0.2, -0.15) is 0 Å². The molecule has 0 fully saturated rings. The van der Waals surface area contributed by atoms with E-state index in [0.29, 0.717) is 13.2 Å². The number of methoxy groups -OCH3 is 1. The van der Waals surface area contributed by atoms with Crippen LogP contribution in [0.2, 0.25) is 0 Å². The normalized spacial score (nSPS) is 10.4. The summed E-state index contributed by atoms with van der Waals surface area (Å²) in [5, 5.41) is 6.90. The van der Waals surface area contributed by atoms with Crippen LogP contribution in [0.4, 0.5) is 0 Å². The molecule has 2 N–H and O–H groups in total. The molecule has 0 radical (unpaired) electrons. The van der Waals surface area contributed by atoms with Crippen LogP contribution in [0.15, 0.2) is 6.20 Å². The van der Waals surface area contributed by atoms with Gasteiger partial charge in [-0.05, 0) is 20.8 Å². The summed E-state index contributed by atoms with van der Waals surface area (Å²) in [6.45, 7) is 7.47. The minimum absolute atomic E-state index is 0. The first-order valence-corrected chi connectivity index (χ1v) is 6.71. The van der Waals surface area contributed by atoms with E-state index in [1.807, 2.05) is 27.0 Å². The van der Waals surface area contributed by atoms with Crippen molar-refractivity contribution in [3.63, 3.8) is 0 Å². The van der Waals surface area contributed by atoms with Gasteiger partial charge in [-0.15, -0.1) is 36.2 Å². The zero-order chi connectivity index (χ0) is 13.6. The molecular weight excluding hydrogens is 321 g/mol. The van der Waals surface area contributed by atoms with Crippen molar-refractivity contribution in [1.82, 2.24) is 15.6 Å². The number of hydrogen-bond donors (Lipinski definition) is 2. The summed E-state index contributed by atoms with van der Waals surface area (Å²) < 4.78 is 4.89. The molecule has 1 aromatic rings. The molecule has 1 rings (SSSR count). The standard InChI is InChI=1S/C12H21N3O2S.2ClH/c1-9-7-14-11(18-9)12(2,3)15-10(16)8-13-5-6-17-4;;/h7,13H,5-6,8H2,1-4H3,(H,15,16);2*1H. The Balaban J connectivity index is 0. The molecule has 1 heterocycles. The maximum atomic E-state index is 11.8. The van der Waals surface area contributed by atoms with Gasteiger partial charge < -0.3 is 15.4 Å². The van der Waals surface area contributed by atoms with Gasteiger partial charge in [0.2, 0.25) is 5.91 Å². The number of aromatic nitrogens is 1. The fourth-order valence-corrected chi connectivity index (χ4v) is 2.29. The number of hydrogen-bond acceptors (Lipinski definition) is 5. The van der Waals surface area contributed by atoms with Gasteiger partial charge in [0.25, 0.3) is 0 Å². The van der Waals surface area contributed by atoms with Crippen molar-refractivity contribution in [1.29, 1.82) is 0 Å². The summed E-state index contributed by atoms with van der Waals surface area (Å²) >= 11 is 1.60. The monoisotopic (exact) mass is 343 g/mol. The van der Waals surface area contributed by atoms with Crippen molar-refractivity contribution >= 4 is 42.1 Å². The maximum Gasteiger partial charge on any atom is 0.234 e. The number of rotatable bonds is 7. The van der Waals surface area contributed by atoms with Crippen molar-refractivity contribution in [2.75, 3.05) is 26.8 Å². The lowest BCUT2D eigenvalue weighted by Crippen LogP contribution is -2.45. The van der Waals surface area contributed by atoms with Gasteiger partial charge >= 0.3 is 0 Å². The van der Waals surface area contributed by atoms with Gasteiger partial charge in [-0.25, -0.2) is 4.98 Å². The molecule has 0 unspecified atom stereocenters. The highest BCUT2D eigenvalue weighted by Gasteiger charge is 2.25. The molecule has 0 aliphatic carbocycles. The number of carbonyl (C=O) groups is 1. The SMILES string of the molecule is COCCNCC(=O)NC(C)(C)c1ncc(C)s1.Cl.Cl. The Kier molecular flexibility index (Phi) is 11.3. The Bertz CT molecular complexity index is 400. The first kappa shape index (κ1) is 21.9. The third-order valence-electron chi connectivity index (χ3n) is 2.38. The maximum absolute atomic E-state index is 11.8. The number of amides is 1. The molecule has 0 spiro atoms. The van der Waals surface area contributed by atoms with E-state index >= 15 is 0 Å². The molecule has 8 heteroatoms. The zero-order valence-electron chi connectivity index (χ0n) is 12.2. The van der Waals surface area contributed by atoms with Gasteiger partial charge in [-0.3, -0.25) is 4.79 Å². The smallest absolute Gasteiger partial charge is 0.234 e. The minimum Gasteiger partial charge on any atom is -0.383 e. The molecule has 0 saturated carbocycles. The average Bonchev–Trinajstić information content (AvgIpc) is 2.71. The minimum atomic E-state index is -0.432. The second-order valence-electron chi connectivity index (χ2n) is 4.62. The molecule has 0 aliphatic rings. The van der Waals surface area contributed by atoms with E-state index in [0.717, 1.165) is 9.88 Å². The van der Waals surface area contributed by atoms with Gasteiger partial charge in [0.15, 0.2) is 0 Å².